The Morgan fingerprint density at radius 1 is 1.15 bits per heavy atom. The Bertz CT molecular complexity index is 884. The zero-order chi connectivity index (χ0) is 18.1. The molecule has 0 bridgehead atoms. The van der Waals surface area contributed by atoms with E-state index in [1.54, 1.807) is 34.9 Å². The number of piperidine rings is 1. The topological polar surface area (TPSA) is 105 Å². The van der Waals surface area contributed by atoms with Crippen LogP contribution in [-0.4, -0.2) is 53.2 Å². The van der Waals surface area contributed by atoms with Crippen molar-refractivity contribution < 1.29 is 17.7 Å². The molecule has 1 aliphatic heterocycles. The molecule has 1 aliphatic carbocycles. The van der Waals surface area contributed by atoms with Gasteiger partial charge in [-0.15, -0.1) is 0 Å². The van der Waals surface area contributed by atoms with Crippen molar-refractivity contribution in [2.24, 2.45) is 0 Å². The summed E-state index contributed by atoms with van der Waals surface area (Å²) in [7, 11) is -3.13. The molecule has 1 saturated heterocycles. The van der Waals surface area contributed by atoms with Crippen LogP contribution in [0.2, 0.25) is 0 Å². The maximum atomic E-state index is 12.4. The van der Waals surface area contributed by atoms with Gasteiger partial charge in [0, 0.05) is 43.2 Å². The van der Waals surface area contributed by atoms with Crippen molar-refractivity contribution in [1.82, 2.24) is 19.8 Å². The minimum atomic E-state index is -3.13. The van der Waals surface area contributed by atoms with Crippen LogP contribution in [0.25, 0.3) is 11.3 Å². The number of carbonyl (C=O) groups is 1. The van der Waals surface area contributed by atoms with Gasteiger partial charge < -0.3 is 9.84 Å². The highest BCUT2D eigenvalue weighted by Gasteiger charge is 2.41. The largest absolute Gasteiger partial charge is 0.355 e. The van der Waals surface area contributed by atoms with Gasteiger partial charge in [0.15, 0.2) is 11.5 Å². The number of carbonyl (C=O) groups excluding carboxylic acids is 1. The molecule has 0 spiro atoms. The number of hydrogen-bond donors (Lipinski definition) is 1. The summed E-state index contributed by atoms with van der Waals surface area (Å²) in [6.07, 6.45) is 6.03. The smallest absolute Gasteiger partial charge is 0.273 e. The number of hydrogen-bond acceptors (Lipinski definition) is 6. The molecule has 0 radical (unpaired) electrons. The number of rotatable bonds is 5. The standard InChI is InChI=1S/C17H20N4O4S/c22-17(15-11-16(25-20-15)12-3-7-18-8-4-12)19-13-5-9-21(10-6-13)26(23,24)14-1-2-14/h3-4,7-8,11,13-14H,1-2,5-6,9-10H2,(H,19,22). The Morgan fingerprint density at radius 3 is 2.50 bits per heavy atom. The molecule has 8 nitrogen and oxygen atoms in total. The molecule has 2 aromatic rings. The van der Waals surface area contributed by atoms with Gasteiger partial charge in [0.05, 0.1) is 5.25 Å². The quantitative estimate of drug-likeness (QED) is 0.846. The normalized spacial score (nSPS) is 19.4. The van der Waals surface area contributed by atoms with E-state index in [2.05, 4.69) is 15.5 Å². The minimum absolute atomic E-state index is 0.0609. The van der Waals surface area contributed by atoms with Crippen molar-refractivity contribution in [3.63, 3.8) is 0 Å². The van der Waals surface area contributed by atoms with E-state index in [0.717, 1.165) is 18.4 Å². The fraction of sp³-hybridized carbons (Fsp3) is 0.471. The first kappa shape index (κ1) is 17.2. The van der Waals surface area contributed by atoms with Crippen LogP contribution in [-0.2, 0) is 10.0 Å². The molecule has 138 valence electrons. The molecule has 4 rings (SSSR count). The second kappa shape index (κ2) is 6.81. The summed E-state index contributed by atoms with van der Waals surface area (Å²) in [5.41, 5.74) is 1.01. The summed E-state index contributed by atoms with van der Waals surface area (Å²) in [6.45, 7) is 0.899. The molecule has 9 heteroatoms. The fourth-order valence-electron chi connectivity index (χ4n) is 3.13. The lowest BCUT2D eigenvalue weighted by molar-refractivity contribution is 0.0914. The SMILES string of the molecule is O=C(NC1CCN(S(=O)(=O)C2CC2)CC1)c1cc(-c2ccncc2)on1. The number of amides is 1. The summed E-state index contributed by atoms with van der Waals surface area (Å²) in [6, 6.07) is 5.09. The maximum absolute atomic E-state index is 12.4. The third kappa shape index (κ3) is 3.49. The van der Waals surface area contributed by atoms with Crippen molar-refractivity contribution in [1.29, 1.82) is 0 Å². The lowest BCUT2D eigenvalue weighted by Crippen LogP contribution is -2.47. The number of nitrogens with one attached hydrogen (secondary N) is 1. The summed E-state index contributed by atoms with van der Waals surface area (Å²) in [5, 5.41) is 6.57. The number of pyridine rings is 1. The van der Waals surface area contributed by atoms with Crippen molar-refractivity contribution in [2.45, 2.75) is 37.0 Å². The first-order chi connectivity index (χ1) is 12.5. The molecule has 1 N–H and O–H groups in total. The van der Waals surface area contributed by atoms with Gasteiger partial charge >= 0.3 is 0 Å². The van der Waals surface area contributed by atoms with Gasteiger partial charge in [-0.05, 0) is 37.8 Å². The average molecular weight is 376 g/mol. The highest BCUT2D eigenvalue weighted by atomic mass is 32.2. The molecule has 0 aromatic carbocycles. The fourth-order valence-corrected chi connectivity index (χ4v) is 5.00. The van der Waals surface area contributed by atoms with Gasteiger partial charge in [-0.3, -0.25) is 9.78 Å². The van der Waals surface area contributed by atoms with E-state index in [4.69, 9.17) is 4.52 Å². The van der Waals surface area contributed by atoms with Gasteiger partial charge in [-0.2, -0.15) is 0 Å². The predicted molar refractivity (Wildman–Crippen MR) is 93.7 cm³/mol. The lowest BCUT2D eigenvalue weighted by atomic mass is 10.1. The Hall–Kier alpha value is -2.26. The van der Waals surface area contributed by atoms with Crippen LogP contribution in [0.5, 0.6) is 0 Å². The highest BCUT2D eigenvalue weighted by Crippen LogP contribution is 2.32. The Labute approximate surface area is 151 Å². The van der Waals surface area contributed by atoms with Crippen LogP contribution in [0.15, 0.2) is 35.1 Å². The summed E-state index contributed by atoms with van der Waals surface area (Å²) in [4.78, 5) is 16.3. The van der Waals surface area contributed by atoms with Gasteiger partial charge in [0.25, 0.3) is 5.91 Å². The predicted octanol–water partition coefficient (Wildman–Crippen LogP) is 1.42. The Kier molecular flexibility index (Phi) is 4.49. The van der Waals surface area contributed by atoms with E-state index < -0.39 is 10.0 Å². The van der Waals surface area contributed by atoms with E-state index in [-0.39, 0.29) is 22.9 Å². The molecule has 1 amide bonds. The molecule has 0 atom stereocenters. The van der Waals surface area contributed by atoms with Crippen molar-refractivity contribution in [3.05, 3.63) is 36.3 Å². The van der Waals surface area contributed by atoms with Crippen LogP contribution in [0, 0.1) is 0 Å². The third-order valence-corrected chi connectivity index (χ3v) is 7.20. The van der Waals surface area contributed by atoms with E-state index in [9.17, 15) is 13.2 Å². The third-order valence-electron chi connectivity index (χ3n) is 4.80. The van der Waals surface area contributed by atoms with Crippen LogP contribution < -0.4 is 5.32 Å². The van der Waals surface area contributed by atoms with E-state index in [1.807, 2.05) is 0 Å². The first-order valence-corrected chi connectivity index (χ1v) is 10.2. The highest BCUT2D eigenvalue weighted by molar-refractivity contribution is 7.90. The number of sulfonamides is 1. The molecular weight excluding hydrogens is 356 g/mol. The van der Waals surface area contributed by atoms with E-state index in [1.165, 1.54) is 0 Å². The molecule has 1 saturated carbocycles. The second-order valence-electron chi connectivity index (χ2n) is 6.70. The van der Waals surface area contributed by atoms with Gasteiger partial charge in [-0.1, -0.05) is 5.16 Å². The van der Waals surface area contributed by atoms with Crippen molar-refractivity contribution >= 4 is 15.9 Å². The van der Waals surface area contributed by atoms with Gasteiger partial charge in [-0.25, -0.2) is 12.7 Å². The van der Waals surface area contributed by atoms with Crippen LogP contribution >= 0.6 is 0 Å². The molecular formula is C17H20N4O4S. The molecule has 2 aliphatic rings. The summed E-state index contributed by atoms with van der Waals surface area (Å²) in [5.74, 6) is 0.195. The molecule has 2 fully saturated rings. The second-order valence-corrected chi connectivity index (χ2v) is 8.92. The van der Waals surface area contributed by atoms with Crippen molar-refractivity contribution in [2.75, 3.05) is 13.1 Å². The first-order valence-electron chi connectivity index (χ1n) is 8.71. The molecule has 2 aromatic heterocycles. The van der Waals surface area contributed by atoms with Crippen LogP contribution in [0.3, 0.4) is 0 Å². The zero-order valence-electron chi connectivity index (χ0n) is 14.2. The van der Waals surface area contributed by atoms with E-state index in [0.29, 0.717) is 31.7 Å². The summed E-state index contributed by atoms with van der Waals surface area (Å²) >= 11 is 0. The van der Waals surface area contributed by atoms with E-state index >= 15 is 0 Å². The molecule has 3 heterocycles. The van der Waals surface area contributed by atoms with Crippen molar-refractivity contribution in [3.8, 4) is 11.3 Å². The molecule has 0 unspecified atom stereocenters. The Morgan fingerprint density at radius 2 is 1.85 bits per heavy atom. The maximum Gasteiger partial charge on any atom is 0.273 e. The van der Waals surface area contributed by atoms with Crippen LogP contribution in [0.4, 0.5) is 0 Å². The lowest BCUT2D eigenvalue weighted by Gasteiger charge is -2.31. The van der Waals surface area contributed by atoms with Gasteiger partial charge in [0.2, 0.25) is 10.0 Å². The Balaban J connectivity index is 1.34. The van der Waals surface area contributed by atoms with Crippen LogP contribution in [0.1, 0.15) is 36.2 Å². The van der Waals surface area contributed by atoms with Gasteiger partial charge in [0.1, 0.15) is 0 Å². The minimum Gasteiger partial charge on any atom is -0.355 e. The zero-order valence-corrected chi connectivity index (χ0v) is 15.0. The average Bonchev–Trinajstić information content (AvgIpc) is 3.41. The monoisotopic (exact) mass is 376 g/mol. The number of aromatic nitrogens is 2. The summed E-state index contributed by atoms with van der Waals surface area (Å²) < 4.78 is 31.3. The molecule has 26 heavy (non-hydrogen) atoms. The number of nitrogens with zero attached hydrogens (tertiary/aromatic N) is 3.